The molecule has 3 heteroatoms. The average Bonchev–Trinajstić information content (AvgIpc) is 2.52. The Kier molecular flexibility index (Phi) is 5.51. The summed E-state index contributed by atoms with van der Waals surface area (Å²) in [7, 11) is -2.72. The van der Waals surface area contributed by atoms with E-state index >= 15 is 0 Å². The summed E-state index contributed by atoms with van der Waals surface area (Å²) < 4.78 is 6.02. The first-order valence-electron chi connectivity index (χ1n) is 8.08. The predicted octanol–water partition coefficient (Wildman–Crippen LogP) is 4.45. The molecule has 0 atom stereocenters. The molecule has 0 fully saturated rings. The summed E-state index contributed by atoms with van der Waals surface area (Å²) in [6, 6.07) is 18.6. The molecule has 2 aromatic rings. The lowest BCUT2D eigenvalue weighted by atomic mass is 10.2. The van der Waals surface area contributed by atoms with Crippen LogP contribution in [0.4, 0.5) is 0 Å². The lowest BCUT2D eigenvalue weighted by molar-refractivity contribution is 0.373. The fourth-order valence-corrected chi connectivity index (χ4v) is 7.42. The molecule has 0 spiro atoms. The third-order valence-electron chi connectivity index (χ3n) is 4.74. The second kappa shape index (κ2) is 7.20. The summed E-state index contributed by atoms with van der Waals surface area (Å²) in [5, 5.41) is 1.43. The number of benzene rings is 2. The Labute approximate surface area is 142 Å². The van der Waals surface area contributed by atoms with Gasteiger partial charge in [0.2, 0.25) is 0 Å². The Morgan fingerprint density at radius 2 is 1.43 bits per heavy atom. The highest BCUT2D eigenvalue weighted by Crippen LogP contribution is 2.23. The zero-order valence-electron chi connectivity index (χ0n) is 14.8. The van der Waals surface area contributed by atoms with Crippen molar-refractivity contribution in [1.82, 2.24) is 0 Å². The molecule has 0 aromatic heterocycles. The summed E-state index contributed by atoms with van der Waals surface area (Å²) in [6.07, 6.45) is 0. The van der Waals surface area contributed by atoms with Gasteiger partial charge in [0, 0.05) is 13.2 Å². The molecular formula is C20H26OSi2. The molecule has 0 amide bonds. The van der Waals surface area contributed by atoms with E-state index in [0.717, 1.165) is 11.3 Å². The number of para-hydroxylation sites is 1. The molecule has 0 aliphatic rings. The van der Waals surface area contributed by atoms with Gasteiger partial charge in [-0.2, -0.15) is 0 Å². The van der Waals surface area contributed by atoms with E-state index < -0.39 is 15.2 Å². The van der Waals surface area contributed by atoms with E-state index in [1.54, 1.807) is 0 Å². The lowest BCUT2D eigenvalue weighted by Gasteiger charge is -2.36. The van der Waals surface area contributed by atoms with E-state index in [2.05, 4.69) is 68.8 Å². The fraction of sp³-hybridized carbons (Fsp3) is 0.300. The molecule has 23 heavy (non-hydrogen) atoms. The molecule has 0 radical (unpaired) electrons. The Hall–Kier alpha value is -1.77. The maximum atomic E-state index is 6.02. The van der Waals surface area contributed by atoms with Gasteiger partial charge in [0.1, 0.15) is 12.4 Å². The van der Waals surface area contributed by atoms with Gasteiger partial charge in [-0.3, -0.25) is 0 Å². The summed E-state index contributed by atoms with van der Waals surface area (Å²) in [4.78, 5) is 0. The minimum atomic E-state index is -1.48. The van der Waals surface area contributed by atoms with Crippen LogP contribution in [0.1, 0.15) is 5.56 Å². The number of rotatable bonds is 4. The third-order valence-corrected chi connectivity index (χ3v) is 22.3. The van der Waals surface area contributed by atoms with E-state index in [-0.39, 0.29) is 0 Å². The zero-order chi connectivity index (χ0) is 16.9. The van der Waals surface area contributed by atoms with Crippen molar-refractivity contribution in [3.63, 3.8) is 0 Å². The van der Waals surface area contributed by atoms with Crippen LogP contribution >= 0.6 is 0 Å². The molecule has 120 valence electrons. The molecule has 1 nitrogen and oxygen atoms in total. The smallest absolute Gasteiger partial charge is 0.149 e. The highest BCUT2D eigenvalue weighted by molar-refractivity contribution is 7.45. The Morgan fingerprint density at radius 3 is 2.09 bits per heavy atom. The first-order valence-corrected chi connectivity index (χ1v) is 15.6. The predicted molar refractivity (Wildman–Crippen MR) is 106 cm³/mol. The van der Waals surface area contributed by atoms with Crippen molar-refractivity contribution in [2.75, 3.05) is 6.61 Å². The molecule has 0 saturated heterocycles. The van der Waals surface area contributed by atoms with Crippen molar-refractivity contribution in [2.45, 2.75) is 32.7 Å². The molecule has 0 N–H and O–H groups in total. The minimum Gasteiger partial charge on any atom is -0.481 e. The second-order valence-electron chi connectivity index (χ2n) is 7.33. The molecule has 0 heterocycles. The van der Waals surface area contributed by atoms with Gasteiger partial charge in [-0.1, -0.05) is 81.0 Å². The largest absolute Gasteiger partial charge is 0.481 e. The van der Waals surface area contributed by atoms with Crippen LogP contribution in [0, 0.1) is 11.8 Å². The quantitative estimate of drug-likeness (QED) is 0.591. The van der Waals surface area contributed by atoms with Crippen molar-refractivity contribution in [3.05, 3.63) is 60.2 Å². The second-order valence-corrected chi connectivity index (χ2v) is 23.9. The van der Waals surface area contributed by atoms with Gasteiger partial charge in [-0.05, 0) is 23.4 Å². The van der Waals surface area contributed by atoms with Gasteiger partial charge in [0.25, 0.3) is 0 Å². The molecule has 0 aliphatic heterocycles. The zero-order valence-corrected chi connectivity index (χ0v) is 16.8. The maximum absolute atomic E-state index is 6.02. The van der Waals surface area contributed by atoms with Crippen molar-refractivity contribution < 1.29 is 4.74 Å². The van der Waals surface area contributed by atoms with E-state index in [1.807, 2.05) is 30.3 Å². The first-order chi connectivity index (χ1) is 10.8. The van der Waals surface area contributed by atoms with Gasteiger partial charge in [0.05, 0.1) is 7.59 Å². The minimum absolute atomic E-state index is 0.433. The van der Waals surface area contributed by atoms with Crippen molar-refractivity contribution in [1.29, 1.82) is 0 Å². The van der Waals surface area contributed by atoms with Gasteiger partial charge in [-0.25, -0.2) is 0 Å². The van der Waals surface area contributed by atoms with Crippen molar-refractivity contribution in [2.24, 2.45) is 0 Å². The van der Waals surface area contributed by atoms with Crippen LogP contribution in [-0.2, 0) is 0 Å². The monoisotopic (exact) mass is 338 g/mol. The van der Waals surface area contributed by atoms with Crippen LogP contribution < -0.4 is 9.92 Å². The molecule has 2 aromatic carbocycles. The van der Waals surface area contributed by atoms with Gasteiger partial charge < -0.3 is 4.74 Å². The molecule has 2 rings (SSSR count). The number of ether oxygens (including phenoxy) is 1. The SMILES string of the molecule is C[Si](C)(C)[Si](C)(C)c1ccccc1OCC#Cc1ccccc1. The van der Waals surface area contributed by atoms with Gasteiger partial charge in [0.15, 0.2) is 0 Å². The molecule has 0 aliphatic carbocycles. The van der Waals surface area contributed by atoms with Crippen LogP contribution in [0.5, 0.6) is 5.75 Å². The van der Waals surface area contributed by atoms with Crippen LogP contribution in [-0.4, -0.2) is 21.8 Å². The maximum Gasteiger partial charge on any atom is 0.149 e. The summed E-state index contributed by atoms with van der Waals surface area (Å²) in [5.41, 5.74) is 1.03. The summed E-state index contributed by atoms with van der Waals surface area (Å²) >= 11 is 0. The van der Waals surface area contributed by atoms with E-state index in [1.165, 1.54) is 5.19 Å². The Bertz CT molecular complexity index is 704. The molecule has 0 saturated carbocycles. The Morgan fingerprint density at radius 1 is 0.826 bits per heavy atom. The van der Waals surface area contributed by atoms with E-state index in [4.69, 9.17) is 4.74 Å². The van der Waals surface area contributed by atoms with Crippen LogP contribution in [0.15, 0.2) is 54.6 Å². The van der Waals surface area contributed by atoms with Crippen molar-refractivity contribution >= 4 is 20.4 Å². The first kappa shape index (κ1) is 17.6. The third kappa shape index (κ3) is 4.37. The van der Waals surface area contributed by atoms with Crippen LogP contribution in [0.3, 0.4) is 0 Å². The van der Waals surface area contributed by atoms with Crippen molar-refractivity contribution in [3.8, 4) is 17.6 Å². The van der Waals surface area contributed by atoms with Crippen LogP contribution in [0.2, 0.25) is 32.7 Å². The Balaban J connectivity index is 2.15. The lowest BCUT2D eigenvalue weighted by Crippen LogP contribution is -2.61. The fourth-order valence-electron chi connectivity index (χ4n) is 2.29. The van der Waals surface area contributed by atoms with Gasteiger partial charge in [-0.15, -0.1) is 0 Å². The molecule has 0 unspecified atom stereocenters. The highest BCUT2D eigenvalue weighted by Gasteiger charge is 2.40. The molecular weight excluding hydrogens is 312 g/mol. The topological polar surface area (TPSA) is 9.23 Å². The van der Waals surface area contributed by atoms with E-state index in [9.17, 15) is 0 Å². The highest BCUT2D eigenvalue weighted by atomic mass is 29.3. The van der Waals surface area contributed by atoms with Crippen LogP contribution in [0.25, 0.3) is 0 Å². The summed E-state index contributed by atoms with van der Waals surface area (Å²) in [5.74, 6) is 7.29. The number of hydrogen-bond acceptors (Lipinski definition) is 1. The summed E-state index contributed by atoms with van der Waals surface area (Å²) in [6.45, 7) is 12.8. The van der Waals surface area contributed by atoms with Gasteiger partial charge >= 0.3 is 0 Å². The van der Waals surface area contributed by atoms with E-state index in [0.29, 0.717) is 6.61 Å². The molecule has 0 bridgehead atoms. The average molecular weight is 339 g/mol. The normalized spacial score (nSPS) is 11.5. The standard InChI is InChI=1S/C20H26OSi2/c1-22(2,3)23(4,5)20-16-10-9-15-19(20)21-17-11-14-18-12-7-6-8-13-18/h6-10,12-13,15-16H,17H2,1-5H3. The number of hydrogen-bond donors (Lipinski definition) is 0.